The van der Waals surface area contributed by atoms with Gasteiger partial charge >= 0.3 is 11.9 Å². The molecular weight excluding hydrogens is 194 g/mol. The Hall–Kier alpha value is -0.750. The first-order chi connectivity index (χ1) is 5.99. The molecule has 0 saturated carbocycles. The minimum absolute atomic E-state index is 0.250. The topological polar surface area (TPSA) is 89.6 Å². The molecule has 0 aromatic rings. The molecule has 13 heavy (non-hydrogen) atoms. The van der Waals surface area contributed by atoms with Crippen molar-refractivity contribution in [1.82, 2.24) is 0 Å². The van der Waals surface area contributed by atoms with Crippen LogP contribution >= 0.6 is 11.8 Å². The van der Waals surface area contributed by atoms with Crippen molar-refractivity contribution >= 4 is 23.7 Å². The summed E-state index contributed by atoms with van der Waals surface area (Å²) in [5.74, 6) is -1.19. The van der Waals surface area contributed by atoms with E-state index in [1.807, 2.05) is 0 Å². The lowest BCUT2D eigenvalue weighted by atomic mass is 10.4. The van der Waals surface area contributed by atoms with E-state index in [9.17, 15) is 9.59 Å². The van der Waals surface area contributed by atoms with Gasteiger partial charge in [-0.15, -0.1) is 11.8 Å². The highest BCUT2D eigenvalue weighted by Crippen LogP contribution is 2.11. The summed E-state index contributed by atoms with van der Waals surface area (Å²) >= 11 is 1.11. The maximum Gasteiger partial charge on any atom is 0.323 e. The Labute approximate surface area is 80.6 Å². The van der Waals surface area contributed by atoms with Gasteiger partial charge in [0.1, 0.15) is 6.04 Å². The molecule has 6 heteroatoms. The highest BCUT2D eigenvalue weighted by molar-refractivity contribution is 8.00. The molecule has 5 nitrogen and oxygen atoms in total. The number of ether oxygens (including phenoxy) is 1. The summed E-state index contributed by atoms with van der Waals surface area (Å²) in [5, 5.41) is 7.95. The van der Waals surface area contributed by atoms with E-state index in [-0.39, 0.29) is 5.75 Å². The van der Waals surface area contributed by atoms with Gasteiger partial charge in [0, 0.05) is 5.75 Å². The molecule has 0 bridgehead atoms. The third kappa shape index (κ3) is 4.74. The van der Waals surface area contributed by atoms with Crippen molar-refractivity contribution in [3.05, 3.63) is 0 Å². The minimum Gasteiger partial charge on any atom is -0.480 e. The van der Waals surface area contributed by atoms with E-state index in [1.165, 1.54) is 14.0 Å². The number of hydrogen-bond acceptors (Lipinski definition) is 5. The Balaban J connectivity index is 3.76. The molecule has 0 aromatic carbocycles. The van der Waals surface area contributed by atoms with Gasteiger partial charge in [0.15, 0.2) is 0 Å². The smallest absolute Gasteiger partial charge is 0.323 e. The number of methoxy groups -OCH3 is 1. The predicted molar refractivity (Wildman–Crippen MR) is 49.5 cm³/mol. The van der Waals surface area contributed by atoms with Crippen molar-refractivity contribution in [2.45, 2.75) is 18.2 Å². The summed E-state index contributed by atoms with van der Waals surface area (Å²) in [4.78, 5) is 21.2. The fourth-order valence-corrected chi connectivity index (χ4v) is 1.31. The first kappa shape index (κ1) is 12.2. The van der Waals surface area contributed by atoms with Crippen LogP contribution in [0.25, 0.3) is 0 Å². The summed E-state index contributed by atoms with van der Waals surface area (Å²) in [5.41, 5.74) is 5.39. The molecule has 2 atom stereocenters. The van der Waals surface area contributed by atoms with Crippen molar-refractivity contribution in [2.75, 3.05) is 12.9 Å². The molecule has 0 spiro atoms. The fourth-order valence-electron chi connectivity index (χ4n) is 0.539. The van der Waals surface area contributed by atoms with Crippen LogP contribution in [0.1, 0.15) is 6.92 Å². The molecule has 0 aliphatic heterocycles. The molecule has 0 aliphatic carbocycles. The number of hydrogen-bond donors (Lipinski definition) is 2. The van der Waals surface area contributed by atoms with E-state index < -0.39 is 23.2 Å². The van der Waals surface area contributed by atoms with Crippen LogP contribution in [0, 0.1) is 0 Å². The SMILES string of the molecule is COC(=O)C(N)CSC(C)C(=O)O. The molecule has 76 valence electrons. The van der Waals surface area contributed by atoms with Gasteiger partial charge in [-0.2, -0.15) is 0 Å². The summed E-state index contributed by atoms with van der Waals surface area (Å²) in [6.07, 6.45) is 0. The van der Waals surface area contributed by atoms with Crippen LogP contribution in [-0.4, -0.2) is 41.2 Å². The molecule has 0 aliphatic rings. The van der Waals surface area contributed by atoms with Crippen LogP contribution < -0.4 is 5.73 Å². The van der Waals surface area contributed by atoms with Gasteiger partial charge in [-0.25, -0.2) is 0 Å². The van der Waals surface area contributed by atoms with E-state index in [0.717, 1.165) is 11.8 Å². The zero-order valence-corrected chi connectivity index (χ0v) is 8.34. The highest BCUT2D eigenvalue weighted by atomic mass is 32.2. The zero-order chi connectivity index (χ0) is 10.4. The highest BCUT2D eigenvalue weighted by Gasteiger charge is 2.18. The first-order valence-corrected chi connectivity index (χ1v) is 4.71. The van der Waals surface area contributed by atoms with Gasteiger partial charge in [0.25, 0.3) is 0 Å². The standard InChI is InChI=1S/C7H13NO4S/c1-4(6(9)10)13-3-5(8)7(11)12-2/h4-5H,3,8H2,1-2H3,(H,9,10). The average Bonchev–Trinajstić information content (AvgIpc) is 2.11. The Morgan fingerprint density at radius 2 is 2.15 bits per heavy atom. The maximum absolute atomic E-state index is 10.8. The number of aliphatic carboxylic acids is 1. The first-order valence-electron chi connectivity index (χ1n) is 3.66. The normalized spacial score (nSPS) is 14.7. The Bertz CT molecular complexity index is 197. The van der Waals surface area contributed by atoms with Crippen molar-refractivity contribution in [3.63, 3.8) is 0 Å². The molecule has 3 N–H and O–H groups in total. The van der Waals surface area contributed by atoms with Gasteiger partial charge < -0.3 is 15.6 Å². The lowest BCUT2D eigenvalue weighted by molar-refractivity contribution is -0.141. The fraction of sp³-hybridized carbons (Fsp3) is 0.714. The number of carbonyl (C=O) groups excluding carboxylic acids is 1. The molecule has 0 aromatic heterocycles. The number of carboxylic acids is 1. The van der Waals surface area contributed by atoms with Crippen LogP contribution in [0.2, 0.25) is 0 Å². The van der Waals surface area contributed by atoms with Gasteiger partial charge in [-0.05, 0) is 6.92 Å². The van der Waals surface area contributed by atoms with Gasteiger partial charge in [-0.1, -0.05) is 0 Å². The number of nitrogens with two attached hydrogens (primary N) is 1. The second-order valence-corrected chi connectivity index (χ2v) is 3.82. The Kier molecular flexibility index (Phi) is 5.48. The van der Waals surface area contributed by atoms with Crippen molar-refractivity contribution in [1.29, 1.82) is 0 Å². The second kappa shape index (κ2) is 5.82. The third-order valence-electron chi connectivity index (χ3n) is 1.38. The predicted octanol–water partition coefficient (Wildman–Crippen LogP) is -0.307. The van der Waals surface area contributed by atoms with Crippen molar-refractivity contribution in [2.24, 2.45) is 5.73 Å². The summed E-state index contributed by atoms with van der Waals surface area (Å²) in [7, 11) is 1.24. The summed E-state index contributed by atoms with van der Waals surface area (Å²) in [6, 6.07) is -0.753. The number of esters is 1. The molecule has 0 amide bonds. The zero-order valence-electron chi connectivity index (χ0n) is 7.52. The molecule has 0 heterocycles. The van der Waals surface area contributed by atoms with Crippen LogP contribution in [0.3, 0.4) is 0 Å². The largest absolute Gasteiger partial charge is 0.480 e. The third-order valence-corrected chi connectivity index (χ3v) is 2.63. The van der Waals surface area contributed by atoms with E-state index in [0.29, 0.717) is 0 Å². The summed E-state index contributed by atoms with van der Waals surface area (Å²) < 4.78 is 4.38. The molecule has 0 saturated heterocycles. The Morgan fingerprint density at radius 3 is 2.54 bits per heavy atom. The summed E-state index contributed by atoms with van der Waals surface area (Å²) in [6.45, 7) is 1.54. The van der Waals surface area contributed by atoms with Crippen molar-refractivity contribution in [3.8, 4) is 0 Å². The van der Waals surface area contributed by atoms with Crippen LogP contribution in [0.4, 0.5) is 0 Å². The van der Waals surface area contributed by atoms with E-state index in [4.69, 9.17) is 10.8 Å². The molecule has 0 rings (SSSR count). The van der Waals surface area contributed by atoms with E-state index in [1.54, 1.807) is 0 Å². The van der Waals surface area contributed by atoms with Crippen molar-refractivity contribution < 1.29 is 19.4 Å². The van der Waals surface area contributed by atoms with Gasteiger partial charge in [0.05, 0.1) is 12.4 Å². The number of thioether (sulfide) groups is 1. The lowest BCUT2D eigenvalue weighted by Crippen LogP contribution is -2.34. The number of carbonyl (C=O) groups is 2. The Morgan fingerprint density at radius 1 is 1.62 bits per heavy atom. The average molecular weight is 207 g/mol. The molecule has 2 unspecified atom stereocenters. The molecule has 0 radical (unpaired) electrons. The minimum atomic E-state index is -0.915. The van der Waals surface area contributed by atoms with E-state index in [2.05, 4.69) is 4.74 Å². The van der Waals surface area contributed by atoms with Gasteiger partial charge in [0.2, 0.25) is 0 Å². The van der Waals surface area contributed by atoms with Crippen LogP contribution in [-0.2, 0) is 14.3 Å². The lowest BCUT2D eigenvalue weighted by Gasteiger charge is -2.10. The number of rotatable bonds is 5. The maximum atomic E-state index is 10.8. The van der Waals surface area contributed by atoms with Crippen LogP contribution in [0.15, 0.2) is 0 Å². The molecule has 0 fully saturated rings. The monoisotopic (exact) mass is 207 g/mol. The molecular formula is C7H13NO4S. The second-order valence-electron chi connectivity index (χ2n) is 2.44. The van der Waals surface area contributed by atoms with Crippen LogP contribution in [0.5, 0.6) is 0 Å². The quantitative estimate of drug-likeness (QED) is 0.601. The van der Waals surface area contributed by atoms with Gasteiger partial charge in [-0.3, -0.25) is 9.59 Å². The number of carboxylic acid groups (broad SMARTS) is 1. The van der Waals surface area contributed by atoms with E-state index >= 15 is 0 Å².